The molecule has 0 saturated carbocycles. The van der Waals surface area contributed by atoms with Crippen LogP contribution in [0.15, 0.2) is 18.2 Å². The van der Waals surface area contributed by atoms with Crippen molar-refractivity contribution >= 4 is 11.7 Å². The number of aryl methyl sites for hydroxylation is 2. The fraction of sp³-hybridized carbons (Fsp3) is 0.529. The minimum atomic E-state index is 0.123. The van der Waals surface area contributed by atoms with Crippen LogP contribution in [0.25, 0.3) is 0 Å². The molecule has 114 valence electrons. The monoisotopic (exact) mass is 288 g/mol. The Morgan fingerprint density at radius 1 is 1.10 bits per heavy atom. The molecule has 1 fully saturated rings. The fourth-order valence-electron chi connectivity index (χ4n) is 2.77. The Hall–Kier alpha value is -1.68. The first-order valence-corrected chi connectivity index (χ1v) is 7.55. The number of carbonyl (C=O) groups excluding carboxylic acids is 2. The quantitative estimate of drug-likeness (QED) is 0.799. The molecular weight excluding hydrogens is 264 g/mol. The molecule has 2 rings (SSSR count). The molecule has 1 heterocycles. The van der Waals surface area contributed by atoms with Gasteiger partial charge in [-0.05, 0) is 31.9 Å². The first-order chi connectivity index (χ1) is 9.97. The molecule has 4 heteroatoms. The lowest BCUT2D eigenvalue weighted by Gasteiger charge is -2.20. The molecule has 0 aliphatic carbocycles. The second-order valence-electron chi connectivity index (χ2n) is 5.88. The van der Waals surface area contributed by atoms with E-state index in [1.807, 2.05) is 36.9 Å². The predicted octanol–water partition coefficient (Wildman–Crippen LogP) is 2.04. The number of carbonyl (C=O) groups is 2. The van der Waals surface area contributed by atoms with Crippen molar-refractivity contribution in [1.82, 2.24) is 9.80 Å². The molecule has 1 aromatic rings. The van der Waals surface area contributed by atoms with Crippen LogP contribution in [0, 0.1) is 13.8 Å². The maximum absolute atomic E-state index is 12.5. The van der Waals surface area contributed by atoms with Crippen molar-refractivity contribution in [3.05, 3.63) is 34.9 Å². The highest BCUT2D eigenvalue weighted by atomic mass is 16.2. The Labute approximate surface area is 126 Å². The molecule has 0 bridgehead atoms. The smallest absolute Gasteiger partial charge is 0.219 e. The molecule has 1 aromatic carbocycles. The number of Topliss-reactive ketones (excluding diaryl/α,β-unsaturated/α-hetero) is 1. The van der Waals surface area contributed by atoms with Gasteiger partial charge in [0, 0.05) is 38.7 Å². The van der Waals surface area contributed by atoms with E-state index in [4.69, 9.17) is 0 Å². The highest BCUT2D eigenvalue weighted by molar-refractivity contribution is 5.99. The molecule has 0 radical (unpaired) electrons. The van der Waals surface area contributed by atoms with E-state index in [-0.39, 0.29) is 11.7 Å². The average molecular weight is 288 g/mol. The summed E-state index contributed by atoms with van der Waals surface area (Å²) in [6, 6.07) is 6.00. The second kappa shape index (κ2) is 6.85. The van der Waals surface area contributed by atoms with E-state index in [0.717, 1.165) is 49.3 Å². The molecular formula is C17H24N2O2. The number of ketones is 1. The molecule has 0 unspecified atom stereocenters. The number of nitrogens with zero attached hydrogens (tertiary/aromatic N) is 2. The van der Waals surface area contributed by atoms with Crippen LogP contribution in [0.2, 0.25) is 0 Å². The van der Waals surface area contributed by atoms with Gasteiger partial charge in [0.2, 0.25) is 5.91 Å². The molecule has 1 aliphatic heterocycles. The summed E-state index contributed by atoms with van der Waals surface area (Å²) in [6.45, 7) is 9.20. The van der Waals surface area contributed by atoms with Gasteiger partial charge >= 0.3 is 0 Å². The molecule has 1 amide bonds. The van der Waals surface area contributed by atoms with Gasteiger partial charge in [-0.25, -0.2) is 0 Å². The lowest BCUT2D eigenvalue weighted by atomic mass is 10.0. The predicted molar refractivity (Wildman–Crippen MR) is 83.6 cm³/mol. The Morgan fingerprint density at radius 2 is 1.86 bits per heavy atom. The van der Waals surface area contributed by atoms with Gasteiger partial charge in [0.25, 0.3) is 0 Å². The summed E-state index contributed by atoms with van der Waals surface area (Å²) < 4.78 is 0. The molecule has 1 aliphatic rings. The van der Waals surface area contributed by atoms with E-state index in [9.17, 15) is 9.59 Å². The first kappa shape index (κ1) is 15.7. The largest absolute Gasteiger partial charge is 0.342 e. The number of hydrogen-bond acceptors (Lipinski definition) is 3. The van der Waals surface area contributed by atoms with Gasteiger partial charge in [-0.1, -0.05) is 17.7 Å². The van der Waals surface area contributed by atoms with Crippen molar-refractivity contribution in [2.45, 2.75) is 27.2 Å². The van der Waals surface area contributed by atoms with Crippen LogP contribution in [0.5, 0.6) is 0 Å². The molecule has 4 nitrogen and oxygen atoms in total. The van der Waals surface area contributed by atoms with Gasteiger partial charge < -0.3 is 4.90 Å². The molecule has 21 heavy (non-hydrogen) atoms. The van der Waals surface area contributed by atoms with Crippen LogP contribution in [-0.2, 0) is 4.79 Å². The molecule has 1 saturated heterocycles. The second-order valence-corrected chi connectivity index (χ2v) is 5.88. The Balaban J connectivity index is 1.99. The summed E-state index contributed by atoms with van der Waals surface area (Å²) in [5, 5.41) is 0. The van der Waals surface area contributed by atoms with Crippen molar-refractivity contribution in [2.24, 2.45) is 0 Å². The van der Waals surface area contributed by atoms with Crippen LogP contribution in [0.4, 0.5) is 0 Å². The molecule has 0 aromatic heterocycles. The summed E-state index contributed by atoms with van der Waals surface area (Å²) in [6.07, 6.45) is 0.930. The van der Waals surface area contributed by atoms with E-state index in [1.165, 1.54) is 0 Å². The van der Waals surface area contributed by atoms with E-state index < -0.39 is 0 Å². The van der Waals surface area contributed by atoms with Gasteiger partial charge in [-0.15, -0.1) is 0 Å². The van der Waals surface area contributed by atoms with Gasteiger partial charge in [0.1, 0.15) is 0 Å². The summed E-state index contributed by atoms with van der Waals surface area (Å²) >= 11 is 0. The minimum absolute atomic E-state index is 0.123. The lowest BCUT2D eigenvalue weighted by Crippen LogP contribution is -2.35. The van der Waals surface area contributed by atoms with E-state index in [1.54, 1.807) is 6.92 Å². The highest BCUT2D eigenvalue weighted by Gasteiger charge is 2.19. The topological polar surface area (TPSA) is 40.6 Å². The zero-order valence-electron chi connectivity index (χ0n) is 13.2. The van der Waals surface area contributed by atoms with Gasteiger partial charge in [0.15, 0.2) is 5.78 Å². The first-order valence-electron chi connectivity index (χ1n) is 7.55. The Bertz CT molecular complexity index is 540. The number of hydrogen-bond donors (Lipinski definition) is 0. The van der Waals surface area contributed by atoms with Crippen molar-refractivity contribution in [2.75, 3.05) is 32.7 Å². The maximum atomic E-state index is 12.5. The van der Waals surface area contributed by atoms with Gasteiger partial charge in [-0.2, -0.15) is 0 Å². The van der Waals surface area contributed by atoms with E-state index in [0.29, 0.717) is 6.54 Å². The van der Waals surface area contributed by atoms with Crippen molar-refractivity contribution in [1.29, 1.82) is 0 Å². The standard InChI is InChI=1S/C17H24N2O2/c1-13-5-6-14(2)16(11-13)17(21)12-18-7-4-8-19(10-9-18)15(3)20/h5-6,11H,4,7-10,12H2,1-3H3. The summed E-state index contributed by atoms with van der Waals surface area (Å²) in [5.41, 5.74) is 2.97. The van der Waals surface area contributed by atoms with Crippen LogP contribution in [-0.4, -0.2) is 54.2 Å². The third-order valence-corrected chi connectivity index (χ3v) is 4.09. The minimum Gasteiger partial charge on any atom is -0.342 e. The molecule has 0 atom stereocenters. The normalized spacial score (nSPS) is 16.6. The van der Waals surface area contributed by atoms with Crippen molar-refractivity contribution in [3.63, 3.8) is 0 Å². The molecule has 0 N–H and O–H groups in total. The van der Waals surface area contributed by atoms with E-state index >= 15 is 0 Å². The summed E-state index contributed by atoms with van der Waals surface area (Å²) in [5.74, 6) is 0.296. The molecule has 0 spiro atoms. The number of rotatable bonds is 3. The number of amides is 1. The zero-order chi connectivity index (χ0) is 15.4. The lowest BCUT2D eigenvalue weighted by molar-refractivity contribution is -0.128. The SMILES string of the molecule is CC(=O)N1CCCN(CC(=O)c2cc(C)ccc2C)CC1. The van der Waals surface area contributed by atoms with Crippen molar-refractivity contribution in [3.8, 4) is 0 Å². The van der Waals surface area contributed by atoms with Crippen molar-refractivity contribution < 1.29 is 9.59 Å². The third kappa shape index (κ3) is 4.14. The highest BCUT2D eigenvalue weighted by Crippen LogP contribution is 2.13. The maximum Gasteiger partial charge on any atom is 0.219 e. The van der Waals surface area contributed by atoms with Crippen LogP contribution in [0.3, 0.4) is 0 Å². The van der Waals surface area contributed by atoms with Crippen LogP contribution < -0.4 is 0 Å². The summed E-state index contributed by atoms with van der Waals surface area (Å²) in [7, 11) is 0. The zero-order valence-corrected chi connectivity index (χ0v) is 13.2. The van der Waals surface area contributed by atoms with Gasteiger partial charge in [0.05, 0.1) is 6.54 Å². The van der Waals surface area contributed by atoms with Gasteiger partial charge in [-0.3, -0.25) is 14.5 Å². The average Bonchev–Trinajstić information content (AvgIpc) is 2.67. The van der Waals surface area contributed by atoms with Crippen LogP contribution in [0.1, 0.15) is 34.8 Å². The third-order valence-electron chi connectivity index (χ3n) is 4.09. The van der Waals surface area contributed by atoms with Crippen LogP contribution >= 0.6 is 0 Å². The fourth-order valence-corrected chi connectivity index (χ4v) is 2.77. The Morgan fingerprint density at radius 3 is 2.57 bits per heavy atom. The Kier molecular flexibility index (Phi) is 5.12. The number of benzene rings is 1. The summed E-state index contributed by atoms with van der Waals surface area (Å²) in [4.78, 5) is 27.9. The van der Waals surface area contributed by atoms with E-state index in [2.05, 4.69) is 4.90 Å².